The molecule has 13 heavy (non-hydrogen) atoms. The van der Waals surface area contributed by atoms with Crippen molar-refractivity contribution in [1.82, 2.24) is 0 Å². The number of aliphatic hydroxyl groups excluding tert-OH is 1. The average molecular weight is 186 g/mol. The summed E-state index contributed by atoms with van der Waals surface area (Å²) < 4.78 is 4.31. The molecule has 0 atom stereocenters. The lowest BCUT2D eigenvalue weighted by Gasteiger charge is -1.99. The van der Waals surface area contributed by atoms with Crippen LogP contribution >= 0.6 is 0 Å². The predicted molar refractivity (Wildman–Crippen MR) is 45.4 cm³/mol. The number of rotatable bonds is 2. The molecule has 0 aliphatic rings. The van der Waals surface area contributed by atoms with Crippen molar-refractivity contribution in [3.05, 3.63) is 11.3 Å². The molecule has 0 aromatic carbocycles. The number of methoxy groups -OCH3 is 1. The van der Waals surface area contributed by atoms with Crippen LogP contribution in [0.25, 0.3) is 0 Å². The first-order valence-corrected chi connectivity index (χ1v) is 3.30. The summed E-state index contributed by atoms with van der Waals surface area (Å²) in [6, 6.07) is -0.956. The molecule has 6 nitrogen and oxygen atoms in total. The number of esters is 1. The quantitative estimate of drug-likeness (QED) is 0.277. The fraction of sp³-hybridized carbons (Fsp3) is 0.286. The van der Waals surface area contributed by atoms with Crippen molar-refractivity contribution < 1.29 is 19.4 Å². The molecule has 2 amide bonds. The van der Waals surface area contributed by atoms with Crippen LogP contribution in [0, 0.1) is 0 Å². The van der Waals surface area contributed by atoms with E-state index in [-0.39, 0.29) is 11.3 Å². The minimum Gasteiger partial charge on any atom is -0.512 e. The Balaban J connectivity index is 4.77. The molecule has 6 heteroatoms. The summed E-state index contributed by atoms with van der Waals surface area (Å²) in [6.45, 7) is 1.26. The van der Waals surface area contributed by atoms with E-state index in [2.05, 4.69) is 15.5 Å². The molecule has 0 rings (SSSR count). The van der Waals surface area contributed by atoms with Crippen LogP contribution in [0.3, 0.4) is 0 Å². The Morgan fingerprint density at radius 1 is 1.54 bits per heavy atom. The van der Waals surface area contributed by atoms with Crippen LogP contribution in [0.2, 0.25) is 0 Å². The highest BCUT2D eigenvalue weighted by Crippen LogP contribution is 2.00. The topological polar surface area (TPSA) is 102 Å². The molecule has 0 aliphatic carbocycles. The predicted octanol–water partition coefficient (Wildman–Crippen LogP) is 0.141. The van der Waals surface area contributed by atoms with Gasteiger partial charge in [-0.3, -0.25) is 0 Å². The summed E-state index contributed by atoms with van der Waals surface area (Å²) in [4.78, 5) is 24.2. The van der Waals surface area contributed by atoms with Gasteiger partial charge in [-0.1, -0.05) is 0 Å². The lowest BCUT2D eigenvalue weighted by atomic mass is 10.2. The second-order valence-corrected chi connectivity index (χ2v) is 2.09. The maximum absolute atomic E-state index is 10.9. The fourth-order valence-electron chi connectivity index (χ4n) is 0.532. The second kappa shape index (κ2) is 4.91. The highest BCUT2D eigenvalue weighted by molar-refractivity contribution is 6.11. The van der Waals surface area contributed by atoms with Crippen molar-refractivity contribution in [3.63, 3.8) is 0 Å². The van der Waals surface area contributed by atoms with Crippen LogP contribution in [-0.2, 0) is 9.53 Å². The zero-order chi connectivity index (χ0) is 10.4. The molecule has 0 fully saturated rings. The van der Waals surface area contributed by atoms with E-state index < -0.39 is 12.0 Å². The summed E-state index contributed by atoms with van der Waals surface area (Å²) in [7, 11) is 1.14. The van der Waals surface area contributed by atoms with E-state index in [0.29, 0.717) is 0 Å². The first-order valence-electron chi connectivity index (χ1n) is 3.30. The second-order valence-electron chi connectivity index (χ2n) is 2.09. The van der Waals surface area contributed by atoms with Gasteiger partial charge < -0.3 is 15.6 Å². The Morgan fingerprint density at radius 2 is 2.08 bits per heavy atom. The Hall–Kier alpha value is -1.85. The van der Waals surface area contributed by atoms with Crippen LogP contribution in [0.1, 0.15) is 6.92 Å². The summed E-state index contributed by atoms with van der Waals surface area (Å²) in [5.74, 6) is -1.08. The minimum absolute atomic E-state index is 0.207. The van der Waals surface area contributed by atoms with Crippen molar-refractivity contribution in [2.45, 2.75) is 6.92 Å². The summed E-state index contributed by atoms with van der Waals surface area (Å²) in [5, 5.41) is 8.96. The van der Waals surface area contributed by atoms with Gasteiger partial charge in [0.2, 0.25) is 0 Å². The van der Waals surface area contributed by atoms with Crippen molar-refractivity contribution in [2.75, 3.05) is 7.11 Å². The lowest BCUT2D eigenvalue weighted by Crippen LogP contribution is -2.11. The molecule has 72 valence electrons. The van der Waals surface area contributed by atoms with Crippen molar-refractivity contribution in [1.29, 1.82) is 0 Å². The molecular weight excluding hydrogens is 176 g/mol. The first kappa shape index (κ1) is 11.2. The van der Waals surface area contributed by atoms with E-state index >= 15 is 0 Å². The van der Waals surface area contributed by atoms with Gasteiger partial charge in [-0.2, -0.15) is 0 Å². The standard InChI is InChI=1S/C7H10N2O4/c1-4(10)5(6(11)13-2)3-9-7(8)12/h3,10H,1-2H3,(H2,8,12). The van der Waals surface area contributed by atoms with Gasteiger partial charge >= 0.3 is 12.0 Å². The van der Waals surface area contributed by atoms with E-state index in [1.54, 1.807) is 0 Å². The van der Waals surface area contributed by atoms with Crippen LogP contribution in [0.4, 0.5) is 4.79 Å². The number of aliphatic imine (C=N–C) groups is 1. The van der Waals surface area contributed by atoms with Gasteiger partial charge in [-0.25, -0.2) is 14.6 Å². The molecular formula is C7H10N2O4. The Kier molecular flexibility index (Phi) is 4.21. The van der Waals surface area contributed by atoms with Gasteiger partial charge in [0.25, 0.3) is 0 Å². The Labute approximate surface area is 74.7 Å². The summed E-state index contributed by atoms with van der Waals surface area (Å²) >= 11 is 0. The molecule has 0 aromatic rings. The van der Waals surface area contributed by atoms with Crippen LogP contribution in [0.15, 0.2) is 16.3 Å². The third kappa shape index (κ3) is 3.90. The van der Waals surface area contributed by atoms with Crippen LogP contribution < -0.4 is 5.73 Å². The summed E-state index contributed by atoms with van der Waals surface area (Å²) in [5.41, 5.74) is 4.48. The molecule has 0 saturated carbocycles. The number of urea groups is 1. The fourth-order valence-corrected chi connectivity index (χ4v) is 0.532. The van der Waals surface area contributed by atoms with E-state index in [4.69, 9.17) is 5.11 Å². The van der Waals surface area contributed by atoms with E-state index in [1.807, 2.05) is 0 Å². The van der Waals surface area contributed by atoms with Gasteiger partial charge in [-0.05, 0) is 6.92 Å². The number of nitrogens with two attached hydrogens (primary N) is 1. The maximum Gasteiger partial charge on any atom is 0.342 e. The highest BCUT2D eigenvalue weighted by atomic mass is 16.5. The molecule has 0 unspecified atom stereocenters. The largest absolute Gasteiger partial charge is 0.512 e. The molecule has 0 radical (unpaired) electrons. The van der Waals surface area contributed by atoms with E-state index in [0.717, 1.165) is 13.3 Å². The highest BCUT2D eigenvalue weighted by Gasteiger charge is 2.10. The van der Waals surface area contributed by atoms with Crippen LogP contribution in [0.5, 0.6) is 0 Å². The molecule has 0 spiro atoms. The maximum atomic E-state index is 10.9. The number of hydrogen-bond acceptors (Lipinski definition) is 4. The van der Waals surface area contributed by atoms with Gasteiger partial charge in [0.05, 0.1) is 13.3 Å². The number of amides is 2. The Morgan fingerprint density at radius 3 is 2.38 bits per heavy atom. The number of primary amides is 1. The Bertz CT molecular complexity index is 276. The monoisotopic (exact) mass is 186 g/mol. The van der Waals surface area contributed by atoms with Gasteiger partial charge in [0, 0.05) is 0 Å². The zero-order valence-corrected chi connectivity index (χ0v) is 7.27. The van der Waals surface area contributed by atoms with Gasteiger partial charge in [0.15, 0.2) is 0 Å². The number of ether oxygens (including phenoxy) is 1. The molecule has 0 bridgehead atoms. The number of nitrogens with zero attached hydrogens (tertiary/aromatic N) is 1. The molecule has 0 aliphatic heterocycles. The molecule has 0 heterocycles. The number of carbonyl (C=O) groups is 2. The molecule has 0 saturated heterocycles. The van der Waals surface area contributed by atoms with Crippen molar-refractivity contribution in [3.8, 4) is 0 Å². The number of allylic oxidation sites excluding steroid dienone is 1. The third-order valence-corrected chi connectivity index (χ3v) is 1.12. The van der Waals surface area contributed by atoms with Gasteiger partial charge in [0.1, 0.15) is 11.3 Å². The first-order chi connectivity index (χ1) is 5.99. The van der Waals surface area contributed by atoms with Gasteiger partial charge in [-0.15, -0.1) is 0 Å². The lowest BCUT2D eigenvalue weighted by molar-refractivity contribution is -0.135. The number of aliphatic hydroxyl groups is 1. The smallest absolute Gasteiger partial charge is 0.342 e. The summed E-state index contributed by atoms with van der Waals surface area (Å²) in [6.07, 6.45) is 0.851. The number of hydrogen-bond donors (Lipinski definition) is 2. The molecule has 3 N–H and O–H groups in total. The zero-order valence-electron chi connectivity index (χ0n) is 7.27. The van der Waals surface area contributed by atoms with Crippen LogP contribution in [-0.4, -0.2) is 30.4 Å². The van der Waals surface area contributed by atoms with E-state index in [1.165, 1.54) is 6.92 Å². The normalized spacial score (nSPS) is 12.5. The van der Waals surface area contributed by atoms with Crippen molar-refractivity contribution in [2.24, 2.45) is 10.7 Å². The molecule has 0 aromatic heterocycles. The minimum atomic E-state index is -0.956. The third-order valence-electron chi connectivity index (χ3n) is 1.12. The number of carbonyl (C=O) groups excluding carboxylic acids is 2. The SMILES string of the molecule is COC(=O)C(C=NC(N)=O)=C(C)O. The van der Waals surface area contributed by atoms with E-state index in [9.17, 15) is 9.59 Å². The average Bonchev–Trinajstić information content (AvgIpc) is 2.03. The van der Waals surface area contributed by atoms with Crippen molar-refractivity contribution >= 4 is 18.2 Å².